The highest BCUT2D eigenvalue weighted by atomic mass is 32.2. The number of hydrogen-bond acceptors (Lipinski definition) is 3. The van der Waals surface area contributed by atoms with Crippen LogP contribution in [0.5, 0.6) is 11.5 Å². The molecular formula is C13H10F3NO3S. The van der Waals surface area contributed by atoms with Gasteiger partial charge in [-0.25, -0.2) is 8.42 Å². The zero-order valence-electron chi connectivity index (χ0n) is 10.5. The normalized spacial score (nSPS) is 12.1. The minimum atomic E-state index is -5.06. The molecule has 0 saturated carbocycles. The minimum absolute atomic E-state index is 0.194. The predicted molar refractivity (Wildman–Crippen MR) is 69.3 cm³/mol. The average Bonchev–Trinajstić information content (AvgIpc) is 2.37. The Hall–Kier alpha value is -2.06. The van der Waals surface area contributed by atoms with Gasteiger partial charge in [0.2, 0.25) is 0 Å². The summed E-state index contributed by atoms with van der Waals surface area (Å²) in [5.41, 5.74) is 0. The molecule has 0 heterocycles. The van der Waals surface area contributed by atoms with Crippen LogP contribution in [0.25, 0.3) is 0 Å². The fraction of sp³-hybridized carbons (Fsp3) is 0.0769. The van der Waals surface area contributed by atoms with Crippen molar-refractivity contribution < 1.29 is 26.3 Å². The van der Waals surface area contributed by atoms with Gasteiger partial charge in [-0.3, -0.25) is 0 Å². The Morgan fingerprint density at radius 2 is 1.48 bits per heavy atom. The molecule has 0 aliphatic rings. The molecule has 0 aliphatic heterocycles. The van der Waals surface area contributed by atoms with E-state index in [0.29, 0.717) is 10.5 Å². The van der Waals surface area contributed by atoms with Crippen molar-refractivity contribution in [3.05, 3.63) is 54.6 Å². The third kappa shape index (κ3) is 4.20. The van der Waals surface area contributed by atoms with Gasteiger partial charge in [0, 0.05) is 0 Å². The van der Waals surface area contributed by atoms with Gasteiger partial charge in [0.05, 0.1) is 0 Å². The molecule has 4 nitrogen and oxygen atoms in total. The molecule has 2 aromatic rings. The second kappa shape index (κ2) is 5.74. The number of para-hydroxylation sites is 2. The van der Waals surface area contributed by atoms with Crippen molar-refractivity contribution in [1.82, 2.24) is 4.72 Å². The predicted octanol–water partition coefficient (Wildman–Crippen LogP) is 3.28. The van der Waals surface area contributed by atoms with Crippen molar-refractivity contribution in [2.75, 3.05) is 0 Å². The molecule has 0 radical (unpaired) electrons. The Bertz CT molecular complexity index is 715. The van der Waals surface area contributed by atoms with Crippen LogP contribution in [-0.2, 0) is 10.0 Å². The van der Waals surface area contributed by atoms with Crippen LogP contribution < -0.4 is 9.46 Å². The van der Waals surface area contributed by atoms with Crippen LogP contribution in [0.1, 0.15) is 0 Å². The van der Waals surface area contributed by atoms with Crippen molar-refractivity contribution in [1.29, 1.82) is 0 Å². The van der Waals surface area contributed by atoms with Crippen LogP contribution in [-0.4, -0.2) is 14.7 Å². The van der Waals surface area contributed by atoms with Gasteiger partial charge >= 0.3 is 6.30 Å². The third-order valence-electron chi connectivity index (χ3n) is 2.36. The van der Waals surface area contributed by atoms with Gasteiger partial charge in [0.15, 0.2) is 0 Å². The van der Waals surface area contributed by atoms with Gasteiger partial charge in [0.25, 0.3) is 10.0 Å². The van der Waals surface area contributed by atoms with E-state index in [9.17, 15) is 21.6 Å². The van der Waals surface area contributed by atoms with Gasteiger partial charge in [-0.15, -0.1) is 4.72 Å². The maximum atomic E-state index is 12.3. The SMILES string of the molecule is O=S(=O)(NC(F)(F)F)c1ccccc1Oc1ccccc1. The first-order chi connectivity index (χ1) is 9.78. The van der Waals surface area contributed by atoms with E-state index in [1.165, 1.54) is 18.2 Å². The summed E-state index contributed by atoms with van der Waals surface area (Å²) in [6.07, 6.45) is -5.06. The number of rotatable bonds is 4. The van der Waals surface area contributed by atoms with Crippen LogP contribution in [0.15, 0.2) is 59.5 Å². The van der Waals surface area contributed by atoms with Crippen molar-refractivity contribution in [2.45, 2.75) is 11.2 Å². The molecule has 0 aromatic heterocycles. The van der Waals surface area contributed by atoms with E-state index >= 15 is 0 Å². The van der Waals surface area contributed by atoms with Crippen LogP contribution >= 0.6 is 0 Å². The van der Waals surface area contributed by atoms with Crippen LogP contribution in [0.2, 0.25) is 0 Å². The summed E-state index contributed by atoms with van der Waals surface area (Å²) in [5, 5.41) is 0. The summed E-state index contributed by atoms with van der Waals surface area (Å²) in [6.45, 7) is 0. The van der Waals surface area contributed by atoms with E-state index in [2.05, 4.69) is 0 Å². The molecule has 0 amide bonds. The van der Waals surface area contributed by atoms with E-state index in [4.69, 9.17) is 4.74 Å². The molecule has 0 unspecified atom stereocenters. The highest BCUT2D eigenvalue weighted by Crippen LogP contribution is 2.29. The monoisotopic (exact) mass is 317 g/mol. The highest BCUT2D eigenvalue weighted by molar-refractivity contribution is 7.89. The van der Waals surface area contributed by atoms with Crippen molar-refractivity contribution in [3.63, 3.8) is 0 Å². The molecule has 21 heavy (non-hydrogen) atoms. The maximum Gasteiger partial charge on any atom is 0.470 e. The first-order valence-corrected chi connectivity index (χ1v) is 7.19. The van der Waals surface area contributed by atoms with E-state index in [1.54, 1.807) is 30.3 Å². The fourth-order valence-electron chi connectivity index (χ4n) is 1.58. The Morgan fingerprint density at radius 1 is 0.905 bits per heavy atom. The lowest BCUT2D eigenvalue weighted by atomic mass is 10.3. The summed E-state index contributed by atoms with van der Waals surface area (Å²) in [5.74, 6) is 0.118. The molecule has 112 valence electrons. The van der Waals surface area contributed by atoms with Crippen LogP contribution in [0.4, 0.5) is 13.2 Å². The first kappa shape index (κ1) is 15.3. The second-order valence-corrected chi connectivity index (χ2v) is 5.62. The molecule has 0 fully saturated rings. The number of ether oxygens (including phenoxy) is 1. The van der Waals surface area contributed by atoms with Crippen molar-refractivity contribution in [3.8, 4) is 11.5 Å². The number of nitrogens with one attached hydrogen (secondary N) is 1. The highest BCUT2D eigenvalue weighted by Gasteiger charge is 2.36. The number of halogens is 3. The standard InChI is InChI=1S/C13H10F3NO3S/c14-13(15,16)17-21(18,19)12-9-5-4-8-11(12)20-10-6-2-1-3-7-10/h1-9,17H. The van der Waals surface area contributed by atoms with E-state index in [1.807, 2.05) is 0 Å². The van der Waals surface area contributed by atoms with Crippen LogP contribution in [0, 0.1) is 0 Å². The van der Waals surface area contributed by atoms with Crippen molar-refractivity contribution in [2.24, 2.45) is 0 Å². The molecule has 0 aliphatic carbocycles. The van der Waals surface area contributed by atoms with Crippen LogP contribution in [0.3, 0.4) is 0 Å². The Balaban J connectivity index is 2.38. The molecule has 8 heteroatoms. The van der Waals surface area contributed by atoms with Crippen molar-refractivity contribution >= 4 is 10.0 Å². The molecule has 0 bridgehead atoms. The molecule has 0 atom stereocenters. The lowest BCUT2D eigenvalue weighted by Crippen LogP contribution is -2.37. The second-order valence-electron chi connectivity index (χ2n) is 3.97. The third-order valence-corrected chi connectivity index (χ3v) is 3.78. The first-order valence-electron chi connectivity index (χ1n) is 5.70. The summed E-state index contributed by atoms with van der Waals surface area (Å²) in [7, 11) is -4.77. The summed E-state index contributed by atoms with van der Waals surface area (Å²) >= 11 is 0. The Labute approximate surface area is 119 Å². The zero-order valence-corrected chi connectivity index (χ0v) is 11.3. The van der Waals surface area contributed by atoms with E-state index in [0.717, 1.165) is 6.07 Å². The summed E-state index contributed by atoms with van der Waals surface area (Å²) < 4.78 is 66.2. The quantitative estimate of drug-likeness (QED) is 0.881. The summed E-state index contributed by atoms with van der Waals surface area (Å²) in [4.78, 5) is -0.592. The Kier molecular flexibility index (Phi) is 4.19. The maximum absolute atomic E-state index is 12.3. The molecule has 1 N–H and O–H groups in total. The van der Waals surface area contributed by atoms with Gasteiger partial charge in [-0.05, 0) is 24.3 Å². The van der Waals surface area contributed by atoms with Gasteiger partial charge in [-0.1, -0.05) is 30.3 Å². The number of alkyl halides is 3. The number of benzene rings is 2. The lowest BCUT2D eigenvalue weighted by molar-refractivity contribution is -0.138. The molecule has 0 spiro atoms. The topological polar surface area (TPSA) is 55.4 Å². The minimum Gasteiger partial charge on any atom is -0.456 e. The average molecular weight is 317 g/mol. The molecule has 2 aromatic carbocycles. The fourth-order valence-corrected chi connectivity index (χ4v) is 2.63. The molecule has 2 rings (SSSR count). The van der Waals surface area contributed by atoms with Gasteiger partial charge in [-0.2, -0.15) is 13.2 Å². The largest absolute Gasteiger partial charge is 0.470 e. The number of sulfonamides is 1. The van der Waals surface area contributed by atoms with E-state index < -0.39 is 21.2 Å². The summed E-state index contributed by atoms with van der Waals surface area (Å²) in [6, 6.07) is 13.2. The smallest absolute Gasteiger partial charge is 0.456 e. The molecular weight excluding hydrogens is 307 g/mol. The molecule has 0 saturated heterocycles. The lowest BCUT2D eigenvalue weighted by Gasteiger charge is -2.13. The Morgan fingerprint density at radius 3 is 2.10 bits per heavy atom. The van der Waals surface area contributed by atoms with E-state index in [-0.39, 0.29) is 5.75 Å². The zero-order chi connectivity index (χ0) is 15.5. The van der Waals surface area contributed by atoms with Gasteiger partial charge in [0.1, 0.15) is 16.4 Å². The number of hydrogen-bond donors (Lipinski definition) is 1. The van der Waals surface area contributed by atoms with Gasteiger partial charge < -0.3 is 4.74 Å².